The van der Waals surface area contributed by atoms with Gasteiger partial charge in [-0.25, -0.2) is 10.8 Å². The molecule has 1 aliphatic rings. The summed E-state index contributed by atoms with van der Waals surface area (Å²) >= 11 is 0. The maximum Gasteiger partial charge on any atom is 0.237 e. The lowest BCUT2D eigenvalue weighted by molar-refractivity contribution is -0.129. The van der Waals surface area contributed by atoms with Gasteiger partial charge in [-0.2, -0.15) is 0 Å². The highest BCUT2D eigenvalue weighted by Crippen LogP contribution is 2.12. The molecule has 0 radical (unpaired) electrons. The number of rotatable bonds is 4. The number of nitrogens with two attached hydrogens (primary N) is 2. The van der Waals surface area contributed by atoms with Crippen molar-refractivity contribution in [3.8, 4) is 0 Å². The van der Waals surface area contributed by atoms with E-state index >= 15 is 0 Å². The third-order valence-corrected chi connectivity index (χ3v) is 2.89. The first-order valence-electron chi connectivity index (χ1n) is 5.74. The molecule has 0 aromatic carbocycles. The Balaban J connectivity index is 2.08. The fourth-order valence-corrected chi connectivity index (χ4v) is 1.95. The van der Waals surface area contributed by atoms with Crippen molar-refractivity contribution in [1.29, 1.82) is 0 Å². The van der Waals surface area contributed by atoms with Gasteiger partial charge in [0.25, 0.3) is 0 Å². The van der Waals surface area contributed by atoms with Gasteiger partial charge in [-0.1, -0.05) is 6.07 Å². The molecule has 1 amide bonds. The number of hydrogen-bond donors (Lipinski definition) is 3. The number of primary amides is 1. The molecular weight excluding hydrogens is 234 g/mol. The van der Waals surface area contributed by atoms with Crippen LogP contribution in [-0.2, 0) is 16.1 Å². The monoisotopic (exact) mass is 251 g/mol. The van der Waals surface area contributed by atoms with Gasteiger partial charge in [-0.15, -0.1) is 0 Å². The van der Waals surface area contributed by atoms with Crippen molar-refractivity contribution in [2.24, 2.45) is 11.6 Å². The molecule has 0 spiro atoms. The first-order valence-corrected chi connectivity index (χ1v) is 5.74. The third kappa shape index (κ3) is 2.95. The van der Waals surface area contributed by atoms with Gasteiger partial charge in [0.2, 0.25) is 5.91 Å². The van der Waals surface area contributed by atoms with Crippen LogP contribution in [0.1, 0.15) is 5.69 Å². The van der Waals surface area contributed by atoms with Crippen molar-refractivity contribution in [2.75, 3.05) is 25.2 Å². The summed E-state index contributed by atoms with van der Waals surface area (Å²) in [5.74, 6) is 5.53. The number of nitrogen functional groups attached to an aromatic ring is 1. The molecule has 98 valence electrons. The van der Waals surface area contributed by atoms with Crippen molar-refractivity contribution >= 4 is 11.7 Å². The van der Waals surface area contributed by atoms with Crippen molar-refractivity contribution in [3.63, 3.8) is 0 Å². The molecule has 7 nitrogen and oxygen atoms in total. The van der Waals surface area contributed by atoms with Gasteiger partial charge in [0.1, 0.15) is 11.9 Å². The molecule has 18 heavy (non-hydrogen) atoms. The summed E-state index contributed by atoms with van der Waals surface area (Å²) in [5, 5.41) is 0. The average Bonchev–Trinajstić information content (AvgIpc) is 2.39. The molecular formula is C11H17N5O2. The first-order chi connectivity index (χ1) is 8.70. The maximum absolute atomic E-state index is 11.3. The van der Waals surface area contributed by atoms with Gasteiger partial charge in [-0.05, 0) is 12.1 Å². The van der Waals surface area contributed by atoms with Crippen molar-refractivity contribution in [2.45, 2.75) is 12.6 Å². The van der Waals surface area contributed by atoms with Crippen molar-refractivity contribution in [1.82, 2.24) is 9.88 Å². The second-order valence-corrected chi connectivity index (χ2v) is 4.12. The largest absolute Gasteiger partial charge is 0.378 e. The van der Waals surface area contributed by atoms with Crippen LogP contribution in [0, 0.1) is 0 Å². The minimum Gasteiger partial charge on any atom is -0.378 e. The Morgan fingerprint density at radius 3 is 3.17 bits per heavy atom. The van der Waals surface area contributed by atoms with Gasteiger partial charge in [0, 0.05) is 13.1 Å². The highest BCUT2D eigenvalue weighted by Gasteiger charge is 2.27. The minimum atomic E-state index is -0.393. The Morgan fingerprint density at radius 1 is 1.61 bits per heavy atom. The van der Waals surface area contributed by atoms with Crippen LogP contribution < -0.4 is 17.0 Å². The van der Waals surface area contributed by atoms with Crippen LogP contribution >= 0.6 is 0 Å². The Kier molecular flexibility index (Phi) is 4.08. The molecule has 0 bridgehead atoms. The Hall–Kier alpha value is -1.70. The molecule has 7 heteroatoms. The number of amides is 1. The van der Waals surface area contributed by atoms with E-state index in [9.17, 15) is 4.79 Å². The molecule has 1 unspecified atom stereocenters. The van der Waals surface area contributed by atoms with E-state index in [1.807, 2.05) is 17.0 Å². The van der Waals surface area contributed by atoms with Crippen molar-refractivity contribution < 1.29 is 9.53 Å². The number of morpholine rings is 1. The summed E-state index contributed by atoms with van der Waals surface area (Å²) in [5.41, 5.74) is 8.68. The van der Waals surface area contributed by atoms with E-state index in [0.29, 0.717) is 32.1 Å². The fraction of sp³-hybridized carbons (Fsp3) is 0.455. The molecule has 0 aliphatic carbocycles. The Labute approximate surface area is 105 Å². The summed E-state index contributed by atoms with van der Waals surface area (Å²) < 4.78 is 5.26. The van der Waals surface area contributed by atoms with E-state index < -0.39 is 6.04 Å². The number of aromatic nitrogens is 1. The average molecular weight is 251 g/mol. The second-order valence-electron chi connectivity index (χ2n) is 4.12. The summed E-state index contributed by atoms with van der Waals surface area (Å²) in [6.07, 6.45) is 0. The lowest BCUT2D eigenvalue weighted by atomic mass is 10.2. The van der Waals surface area contributed by atoms with Crippen LogP contribution in [0.3, 0.4) is 0 Å². The molecule has 1 atom stereocenters. The number of pyridine rings is 1. The topological polar surface area (TPSA) is 106 Å². The summed E-state index contributed by atoms with van der Waals surface area (Å²) in [4.78, 5) is 17.6. The van der Waals surface area contributed by atoms with Crippen LogP contribution in [0.5, 0.6) is 0 Å². The van der Waals surface area contributed by atoms with E-state index in [1.165, 1.54) is 0 Å². The van der Waals surface area contributed by atoms with Crippen LogP contribution in [0.25, 0.3) is 0 Å². The number of nitrogens with one attached hydrogen (secondary N) is 1. The number of carbonyl (C=O) groups excluding carboxylic acids is 1. The number of hydrogen-bond acceptors (Lipinski definition) is 6. The van der Waals surface area contributed by atoms with Crippen LogP contribution in [-0.4, -0.2) is 41.6 Å². The van der Waals surface area contributed by atoms with Crippen LogP contribution in [0.2, 0.25) is 0 Å². The summed E-state index contributed by atoms with van der Waals surface area (Å²) in [6.45, 7) is 2.14. The van der Waals surface area contributed by atoms with Gasteiger partial charge >= 0.3 is 0 Å². The number of nitrogens with zero attached hydrogens (tertiary/aromatic N) is 2. The molecule has 5 N–H and O–H groups in total. The number of anilines is 1. The van der Waals surface area contributed by atoms with E-state index in [2.05, 4.69) is 10.4 Å². The predicted molar refractivity (Wildman–Crippen MR) is 66.3 cm³/mol. The quantitative estimate of drug-likeness (QED) is 0.470. The van der Waals surface area contributed by atoms with E-state index in [1.54, 1.807) is 6.07 Å². The molecule has 1 fully saturated rings. The Bertz CT molecular complexity index is 426. The zero-order chi connectivity index (χ0) is 13.0. The van der Waals surface area contributed by atoms with E-state index in [-0.39, 0.29) is 5.91 Å². The third-order valence-electron chi connectivity index (χ3n) is 2.89. The molecule has 1 aromatic heterocycles. The van der Waals surface area contributed by atoms with Gasteiger partial charge in [-0.3, -0.25) is 9.69 Å². The summed E-state index contributed by atoms with van der Waals surface area (Å²) in [7, 11) is 0. The first kappa shape index (κ1) is 12.7. The molecule has 1 saturated heterocycles. The molecule has 2 heterocycles. The van der Waals surface area contributed by atoms with Crippen molar-refractivity contribution in [3.05, 3.63) is 23.9 Å². The highest BCUT2D eigenvalue weighted by atomic mass is 16.5. The van der Waals surface area contributed by atoms with Gasteiger partial charge in [0.05, 0.1) is 18.9 Å². The summed E-state index contributed by atoms with van der Waals surface area (Å²) in [6, 6.07) is 5.12. The highest BCUT2D eigenvalue weighted by molar-refractivity contribution is 5.80. The smallest absolute Gasteiger partial charge is 0.237 e. The normalized spacial score (nSPS) is 20.6. The van der Waals surface area contributed by atoms with Crippen LogP contribution in [0.15, 0.2) is 18.2 Å². The van der Waals surface area contributed by atoms with Crippen LogP contribution in [0.4, 0.5) is 5.82 Å². The minimum absolute atomic E-state index is 0.337. The number of hydrazine groups is 1. The molecule has 1 aromatic rings. The number of carbonyl (C=O) groups is 1. The Morgan fingerprint density at radius 2 is 2.44 bits per heavy atom. The lowest BCUT2D eigenvalue weighted by Crippen LogP contribution is -2.51. The number of ether oxygens (including phenoxy) is 1. The van der Waals surface area contributed by atoms with Gasteiger partial charge < -0.3 is 15.9 Å². The fourth-order valence-electron chi connectivity index (χ4n) is 1.95. The second kappa shape index (κ2) is 5.76. The SMILES string of the molecule is NNc1cccc(CN2CCOCC2C(N)=O)n1. The van der Waals surface area contributed by atoms with E-state index in [0.717, 1.165) is 5.69 Å². The standard InChI is InChI=1S/C11H17N5O2/c12-11(17)9-7-18-5-4-16(9)6-8-2-1-3-10(14-8)15-13/h1-3,9H,4-7,13H2,(H2,12,17)(H,14,15). The maximum atomic E-state index is 11.3. The lowest BCUT2D eigenvalue weighted by Gasteiger charge is -2.33. The predicted octanol–water partition coefficient (Wildman–Crippen LogP) is -0.947. The molecule has 0 saturated carbocycles. The van der Waals surface area contributed by atoms with E-state index in [4.69, 9.17) is 16.3 Å². The zero-order valence-electron chi connectivity index (χ0n) is 10.0. The van der Waals surface area contributed by atoms with Gasteiger partial charge in [0.15, 0.2) is 0 Å². The molecule has 1 aliphatic heterocycles. The molecule has 2 rings (SSSR count). The zero-order valence-corrected chi connectivity index (χ0v) is 10.0.